The summed E-state index contributed by atoms with van der Waals surface area (Å²) < 4.78 is 28.0. The highest BCUT2D eigenvalue weighted by molar-refractivity contribution is 5.96. The third-order valence-corrected chi connectivity index (χ3v) is 2.35. The summed E-state index contributed by atoms with van der Waals surface area (Å²) in [6.45, 7) is 0. The Balaban J connectivity index is 2.79. The summed E-state index contributed by atoms with van der Waals surface area (Å²) in [5.41, 5.74) is 0.266. The lowest BCUT2D eigenvalue weighted by molar-refractivity contribution is -0.0993. The lowest BCUT2D eigenvalue weighted by Gasteiger charge is -2.12. The number of hydrogen-bond donors (Lipinski definition) is 0. The quantitative estimate of drug-likeness (QED) is 0.565. The van der Waals surface area contributed by atoms with Gasteiger partial charge in [-0.25, -0.2) is 4.39 Å². The molecule has 1 aromatic carbocycles. The molecule has 0 amide bonds. The zero-order valence-electron chi connectivity index (χ0n) is 10.0. The fraction of sp³-hybridized carbons (Fsp3) is 0.417. The van der Waals surface area contributed by atoms with Crippen LogP contribution in [0.3, 0.4) is 0 Å². The van der Waals surface area contributed by atoms with Crippen LogP contribution in [0.15, 0.2) is 18.2 Å². The maximum absolute atomic E-state index is 13.4. The fourth-order valence-corrected chi connectivity index (χ4v) is 1.37. The highest BCUT2D eigenvalue weighted by atomic mass is 19.1. The van der Waals surface area contributed by atoms with Gasteiger partial charge < -0.3 is 14.2 Å². The highest BCUT2D eigenvalue weighted by Gasteiger charge is 2.15. The predicted octanol–water partition coefficient (Wildman–Crippen LogP) is 2.03. The molecule has 17 heavy (non-hydrogen) atoms. The smallest absolute Gasteiger partial charge is 0.168 e. The number of carbonyl (C=O) groups excluding carboxylic acids is 1. The highest BCUT2D eigenvalue weighted by Crippen LogP contribution is 2.19. The lowest BCUT2D eigenvalue weighted by Crippen LogP contribution is -2.18. The van der Waals surface area contributed by atoms with Crippen LogP contribution in [-0.2, 0) is 9.47 Å². The van der Waals surface area contributed by atoms with E-state index >= 15 is 0 Å². The molecule has 0 saturated heterocycles. The Labute approximate surface area is 99.3 Å². The second-order valence-corrected chi connectivity index (χ2v) is 3.38. The van der Waals surface area contributed by atoms with Crippen LogP contribution in [0.5, 0.6) is 5.75 Å². The van der Waals surface area contributed by atoms with Gasteiger partial charge in [-0.1, -0.05) is 0 Å². The molecular formula is C12H15FO4. The third-order valence-electron chi connectivity index (χ3n) is 2.35. The molecule has 0 unspecified atom stereocenters. The summed E-state index contributed by atoms with van der Waals surface area (Å²) in [7, 11) is 4.25. The summed E-state index contributed by atoms with van der Waals surface area (Å²) in [5, 5.41) is 0. The first-order valence-electron chi connectivity index (χ1n) is 5.04. The van der Waals surface area contributed by atoms with E-state index in [1.54, 1.807) is 0 Å². The van der Waals surface area contributed by atoms with Gasteiger partial charge in [0.25, 0.3) is 0 Å². The van der Waals surface area contributed by atoms with Crippen molar-refractivity contribution in [1.29, 1.82) is 0 Å². The second-order valence-electron chi connectivity index (χ2n) is 3.38. The summed E-state index contributed by atoms with van der Waals surface area (Å²) in [6.07, 6.45) is -0.577. The molecule has 0 bridgehead atoms. The van der Waals surface area contributed by atoms with E-state index in [2.05, 4.69) is 0 Å². The Bertz CT molecular complexity index is 388. The van der Waals surface area contributed by atoms with Gasteiger partial charge in [0.15, 0.2) is 23.6 Å². The predicted molar refractivity (Wildman–Crippen MR) is 59.7 cm³/mol. The van der Waals surface area contributed by atoms with Crippen molar-refractivity contribution >= 4 is 5.78 Å². The Hall–Kier alpha value is -1.46. The summed E-state index contributed by atoms with van der Waals surface area (Å²) >= 11 is 0. The Kier molecular flexibility index (Phi) is 5.06. The number of Topliss-reactive ketones (excluding diaryl/α,β-unsaturated/α-hetero) is 1. The maximum atomic E-state index is 13.4. The van der Waals surface area contributed by atoms with Gasteiger partial charge in [0.05, 0.1) is 13.5 Å². The topological polar surface area (TPSA) is 44.8 Å². The largest absolute Gasteiger partial charge is 0.494 e. The van der Waals surface area contributed by atoms with E-state index in [1.165, 1.54) is 33.5 Å². The van der Waals surface area contributed by atoms with Crippen LogP contribution >= 0.6 is 0 Å². The zero-order valence-corrected chi connectivity index (χ0v) is 10.0. The number of carbonyl (C=O) groups is 1. The molecule has 5 heteroatoms. The van der Waals surface area contributed by atoms with Crippen molar-refractivity contribution < 1.29 is 23.4 Å². The number of benzene rings is 1. The van der Waals surface area contributed by atoms with Gasteiger partial charge in [-0.2, -0.15) is 0 Å². The number of ether oxygens (including phenoxy) is 3. The average Bonchev–Trinajstić information content (AvgIpc) is 2.35. The van der Waals surface area contributed by atoms with Gasteiger partial charge in [-0.05, 0) is 18.2 Å². The van der Waals surface area contributed by atoms with E-state index in [9.17, 15) is 9.18 Å². The van der Waals surface area contributed by atoms with E-state index in [0.29, 0.717) is 0 Å². The molecular weight excluding hydrogens is 227 g/mol. The van der Waals surface area contributed by atoms with Crippen molar-refractivity contribution in [1.82, 2.24) is 0 Å². The minimum atomic E-state index is -0.618. The molecule has 0 spiro atoms. The van der Waals surface area contributed by atoms with Gasteiger partial charge in [0, 0.05) is 19.8 Å². The van der Waals surface area contributed by atoms with E-state index in [4.69, 9.17) is 14.2 Å². The molecule has 0 fully saturated rings. The van der Waals surface area contributed by atoms with Crippen LogP contribution in [0.25, 0.3) is 0 Å². The number of ketones is 1. The van der Waals surface area contributed by atoms with Gasteiger partial charge >= 0.3 is 0 Å². The van der Waals surface area contributed by atoms with Crippen molar-refractivity contribution in [2.24, 2.45) is 0 Å². The molecule has 1 aromatic rings. The molecule has 1 rings (SSSR count). The van der Waals surface area contributed by atoms with Crippen LogP contribution in [0, 0.1) is 5.82 Å². The lowest BCUT2D eigenvalue weighted by atomic mass is 10.1. The van der Waals surface area contributed by atoms with Gasteiger partial charge in [0.1, 0.15) is 0 Å². The Morgan fingerprint density at radius 3 is 2.41 bits per heavy atom. The van der Waals surface area contributed by atoms with Crippen LogP contribution in [0.2, 0.25) is 0 Å². The minimum Gasteiger partial charge on any atom is -0.494 e. The molecule has 94 valence electrons. The van der Waals surface area contributed by atoms with Crippen LogP contribution < -0.4 is 4.74 Å². The zero-order chi connectivity index (χ0) is 12.8. The van der Waals surface area contributed by atoms with Gasteiger partial charge in [-0.15, -0.1) is 0 Å². The van der Waals surface area contributed by atoms with Gasteiger partial charge in [0.2, 0.25) is 0 Å². The summed E-state index contributed by atoms with van der Waals surface area (Å²) in [5.74, 6) is -0.707. The Morgan fingerprint density at radius 1 is 1.29 bits per heavy atom. The van der Waals surface area contributed by atoms with Crippen molar-refractivity contribution in [3.63, 3.8) is 0 Å². The molecule has 0 heterocycles. The van der Waals surface area contributed by atoms with E-state index in [0.717, 1.165) is 6.07 Å². The SMILES string of the molecule is COc1ccc(C(=O)CC(OC)OC)cc1F. The average molecular weight is 242 g/mol. The first kappa shape index (κ1) is 13.6. The number of halogens is 1. The van der Waals surface area contributed by atoms with Crippen molar-refractivity contribution in [3.8, 4) is 5.75 Å². The van der Waals surface area contributed by atoms with Crippen LogP contribution in [0.1, 0.15) is 16.8 Å². The van der Waals surface area contributed by atoms with E-state index in [1.807, 2.05) is 0 Å². The van der Waals surface area contributed by atoms with Crippen molar-refractivity contribution in [2.45, 2.75) is 12.7 Å². The Morgan fingerprint density at radius 2 is 1.94 bits per heavy atom. The normalized spacial score (nSPS) is 10.6. The van der Waals surface area contributed by atoms with E-state index in [-0.39, 0.29) is 23.5 Å². The van der Waals surface area contributed by atoms with E-state index < -0.39 is 12.1 Å². The third kappa shape index (κ3) is 3.51. The standard InChI is InChI=1S/C12H15FO4/c1-15-11-5-4-8(6-9(11)13)10(14)7-12(16-2)17-3/h4-6,12H,7H2,1-3H3. The molecule has 4 nitrogen and oxygen atoms in total. The minimum absolute atomic E-state index is 0.0404. The molecule has 0 atom stereocenters. The van der Waals surface area contributed by atoms with Gasteiger partial charge in [-0.3, -0.25) is 4.79 Å². The monoisotopic (exact) mass is 242 g/mol. The molecule has 0 aromatic heterocycles. The second kappa shape index (κ2) is 6.32. The fourth-order valence-electron chi connectivity index (χ4n) is 1.37. The van der Waals surface area contributed by atoms with Crippen molar-refractivity contribution in [2.75, 3.05) is 21.3 Å². The number of hydrogen-bond acceptors (Lipinski definition) is 4. The first-order valence-corrected chi connectivity index (χ1v) is 5.04. The maximum Gasteiger partial charge on any atom is 0.168 e. The molecule has 0 aliphatic carbocycles. The molecule has 0 aliphatic rings. The summed E-state index contributed by atoms with van der Waals surface area (Å²) in [4.78, 5) is 11.8. The van der Waals surface area contributed by atoms with Crippen molar-refractivity contribution in [3.05, 3.63) is 29.6 Å². The first-order chi connectivity index (χ1) is 8.12. The molecule has 0 saturated carbocycles. The molecule has 0 aliphatic heterocycles. The molecule has 0 N–H and O–H groups in total. The number of rotatable bonds is 6. The number of methoxy groups -OCH3 is 3. The molecule has 0 radical (unpaired) electrons. The summed E-state index contributed by atoms with van der Waals surface area (Å²) in [6, 6.07) is 4.06. The van der Waals surface area contributed by atoms with Crippen LogP contribution in [0.4, 0.5) is 4.39 Å². The van der Waals surface area contributed by atoms with Crippen LogP contribution in [-0.4, -0.2) is 33.4 Å².